The lowest BCUT2D eigenvalue weighted by molar-refractivity contribution is -0.117. The van der Waals surface area contributed by atoms with Crippen LogP contribution in [0, 0.1) is 0 Å². The average molecular weight is 361 g/mol. The molecular formula is C17H23N5O4. The SMILES string of the molecule is COc1ccccc1NC(=O)CN1CN(C)C2=C1C(O)N(C)C(=O)N2C. The second-order valence-corrected chi connectivity index (χ2v) is 6.32. The molecule has 2 aliphatic rings. The first-order chi connectivity index (χ1) is 12.3. The topological polar surface area (TPSA) is 88.6 Å². The second kappa shape index (κ2) is 6.75. The summed E-state index contributed by atoms with van der Waals surface area (Å²) >= 11 is 0. The van der Waals surface area contributed by atoms with E-state index >= 15 is 0 Å². The van der Waals surface area contributed by atoms with Crippen molar-refractivity contribution in [3.05, 3.63) is 35.8 Å². The third kappa shape index (κ3) is 2.90. The summed E-state index contributed by atoms with van der Waals surface area (Å²) in [6.07, 6.45) is -1.10. The van der Waals surface area contributed by atoms with Gasteiger partial charge in [-0.1, -0.05) is 12.1 Å². The van der Waals surface area contributed by atoms with E-state index in [0.29, 0.717) is 29.6 Å². The lowest BCUT2D eigenvalue weighted by Gasteiger charge is -2.37. The molecule has 1 aromatic carbocycles. The summed E-state index contributed by atoms with van der Waals surface area (Å²) in [4.78, 5) is 31.0. The van der Waals surface area contributed by atoms with Gasteiger partial charge in [0.05, 0.1) is 26.0 Å². The Balaban J connectivity index is 1.79. The summed E-state index contributed by atoms with van der Waals surface area (Å²) in [7, 11) is 6.53. The van der Waals surface area contributed by atoms with E-state index in [1.165, 1.54) is 16.8 Å². The molecule has 140 valence electrons. The maximum absolute atomic E-state index is 12.5. The van der Waals surface area contributed by atoms with Gasteiger partial charge in [0.25, 0.3) is 0 Å². The van der Waals surface area contributed by atoms with Gasteiger partial charge in [0.1, 0.15) is 17.3 Å². The second-order valence-electron chi connectivity index (χ2n) is 6.32. The molecule has 3 amide bonds. The lowest BCUT2D eigenvalue weighted by Crippen LogP contribution is -2.52. The molecule has 0 fully saturated rings. The van der Waals surface area contributed by atoms with Gasteiger partial charge >= 0.3 is 6.03 Å². The molecule has 3 rings (SSSR count). The summed E-state index contributed by atoms with van der Waals surface area (Å²) < 4.78 is 5.24. The third-order valence-corrected chi connectivity index (χ3v) is 4.55. The van der Waals surface area contributed by atoms with Crippen LogP contribution in [0.3, 0.4) is 0 Å². The van der Waals surface area contributed by atoms with Crippen molar-refractivity contribution in [2.24, 2.45) is 0 Å². The quantitative estimate of drug-likeness (QED) is 0.803. The van der Waals surface area contributed by atoms with Crippen molar-refractivity contribution in [2.45, 2.75) is 6.23 Å². The number of carbonyl (C=O) groups excluding carboxylic acids is 2. The zero-order valence-electron chi connectivity index (χ0n) is 15.3. The first-order valence-corrected chi connectivity index (χ1v) is 8.16. The molecular weight excluding hydrogens is 338 g/mol. The van der Waals surface area contributed by atoms with Gasteiger partial charge in [0.15, 0.2) is 6.23 Å². The zero-order chi connectivity index (χ0) is 19.0. The molecule has 1 atom stereocenters. The van der Waals surface area contributed by atoms with Crippen LogP contribution in [0.1, 0.15) is 0 Å². The number of anilines is 1. The first kappa shape index (κ1) is 17.9. The predicted molar refractivity (Wildman–Crippen MR) is 94.9 cm³/mol. The minimum absolute atomic E-state index is 0.0359. The summed E-state index contributed by atoms with van der Waals surface area (Å²) in [5.74, 6) is 0.929. The highest BCUT2D eigenvalue weighted by Crippen LogP contribution is 2.32. The number of likely N-dealkylation sites (N-methyl/N-ethyl adjacent to an activating group) is 1. The molecule has 0 saturated carbocycles. The Morgan fingerprint density at radius 1 is 1.31 bits per heavy atom. The number of benzene rings is 1. The standard InChI is InChI=1S/C17H23N5O4/c1-19-10-22(14-15(19)20(2)17(25)21(3)16(14)24)9-13(23)18-11-7-5-6-8-12(11)26-4/h5-8,16,24H,9-10H2,1-4H3,(H,18,23). The highest BCUT2D eigenvalue weighted by molar-refractivity contribution is 5.94. The number of rotatable bonds is 4. The van der Waals surface area contributed by atoms with Crippen LogP contribution in [0.15, 0.2) is 35.8 Å². The van der Waals surface area contributed by atoms with Gasteiger partial charge in [-0.3, -0.25) is 14.6 Å². The van der Waals surface area contributed by atoms with Crippen molar-refractivity contribution < 1.29 is 19.4 Å². The van der Waals surface area contributed by atoms with Crippen molar-refractivity contribution in [3.8, 4) is 5.75 Å². The third-order valence-electron chi connectivity index (χ3n) is 4.55. The van der Waals surface area contributed by atoms with Crippen LogP contribution < -0.4 is 10.1 Å². The van der Waals surface area contributed by atoms with Gasteiger partial charge in [0.2, 0.25) is 5.91 Å². The molecule has 2 N–H and O–H groups in total. The smallest absolute Gasteiger partial charge is 0.327 e. The number of aliphatic hydroxyl groups excluding tert-OH is 1. The number of hydrogen-bond donors (Lipinski definition) is 2. The number of aliphatic hydroxyl groups is 1. The van der Waals surface area contributed by atoms with Crippen LogP contribution in [0.5, 0.6) is 5.75 Å². The van der Waals surface area contributed by atoms with Crippen LogP contribution in [-0.2, 0) is 4.79 Å². The number of urea groups is 1. The fraction of sp³-hybridized carbons (Fsp3) is 0.412. The number of nitrogens with one attached hydrogen (secondary N) is 1. The fourth-order valence-corrected chi connectivity index (χ4v) is 3.30. The number of carbonyl (C=O) groups is 2. The molecule has 0 aliphatic carbocycles. The molecule has 2 aliphatic heterocycles. The van der Waals surface area contributed by atoms with Gasteiger partial charge in [-0.05, 0) is 12.1 Å². The molecule has 0 saturated heterocycles. The highest BCUT2D eigenvalue weighted by atomic mass is 16.5. The minimum atomic E-state index is -1.10. The molecule has 9 nitrogen and oxygen atoms in total. The fourth-order valence-electron chi connectivity index (χ4n) is 3.30. The average Bonchev–Trinajstić information content (AvgIpc) is 2.94. The number of methoxy groups -OCH3 is 1. The maximum Gasteiger partial charge on any atom is 0.327 e. The maximum atomic E-state index is 12.5. The van der Waals surface area contributed by atoms with Crippen molar-refractivity contribution in [2.75, 3.05) is 46.8 Å². The Labute approximate surface area is 152 Å². The largest absolute Gasteiger partial charge is 0.495 e. The van der Waals surface area contributed by atoms with Gasteiger partial charge in [0, 0.05) is 21.1 Å². The molecule has 2 heterocycles. The monoisotopic (exact) mass is 361 g/mol. The van der Waals surface area contributed by atoms with E-state index in [0.717, 1.165) is 0 Å². The van der Waals surface area contributed by atoms with Crippen LogP contribution in [-0.4, -0.2) is 84.3 Å². The number of amides is 3. The van der Waals surface area contributed by atoms with Crippen molar-refractivity contribution in [1.82, 2.24) is 19.6 Å². The number of nitrogens with zero attached hydrogens (tertiary/aromatic N) is 4. The summed E-state index contributed by atoms with van der Waals surface area (Å²) in [5.41, 5.74) is 1.11. The van der Waals surface area contributed by atoms with Crippen molar-refractivity contribution in [3.63, 3.8) is 0 Å². The predicted octanol–water partition coefficient (Wildman–Crippen LogP) is 0.323. The number of ether oxygens (including phenoxy) is 1. The molecule has 0 radical (unpaired) electrons. The molecule has 0 bridgehead atoms. The summed E-state index contributed by atoms with van der Waals surface area (Å²) in [6.45, 7) is 0.431. The molecule has 1 unspecified atom stereocenters. The van der Waals surface area contributed by atoms with Gasteiger partial charge in [-0.2, -0.15) is 0 Å². The first-order valence-electron chi connectivity index (χ1n) is 8.16. The Bertz CT molecular complexity index is 765. The normalized spacial score (nSPS) is 19.9. The van der Waals surface area contributed by atoms with E-state index in [4.69, 9.17) is 4.74 Å². The summed E-state index contributed by atoms with van der Waals surface area (Å²) in [5, 5.41) is 13.3. The van der Waals surface area contributed by atoms with Gasteiger partial charge < -0.3 is 25.0 Å². The molecule has 0 aromatic heterocycles. The molecule has 1 aromatic rings. The van der Waals surface area contributed by atoms with Gasteiger partial charge in [-0.25, -0.2) is 4.79 Å². The van der Waals surface area contributed by atoms with Crippen LogP contribution in [0.25, 0.3) is 0 Å². The molecule has 9 heteroatoms. The van der Waals surface area contributed by atoms with E-state index in [2.05, 4.69) is 5.32 Å². The Morgan fingerprint density at radius 3 is 2.69 bits per heavy atom. The van der Waals surface area contributed by atoms with E-state index in [1.807, 2.05) is 24.1 Å². The van der Waals surface area contributed by atoms with E-state index in [1.54, 1.807) is 31.2 Å². The Hall–Kier alpha value is -2.94. The van der Waals surface area contributed by atoms with Crippen LogP contribution in [0.2, 0.25) is 0 Å². The van der Waals surface area contributed by atoms with E-state index < -0.39 is 6.23 Å². The molecule has 26 heavy (non-hydrogen) atoms. The summed E-state index contributed by atoms with van der Waals surface area (Å²) in [6, 6.07) is 6.85. The number of para-hydroxylation sites is 2. The van der Waals surface area contributed by atoms with Gasteiger partial charge in [-0.15, -0.1) is 0 Å². The van der Waals surface area contributed by atoms with E-state index in [-0.39, 0.29) is 18.5 Å². The van der Waals surface area contributed by atoms with Crippen LogP contribution in [0.4, 0.5) is 10.5 Å². The van der Waals surface area contributed by atoms with Crippen molar-refractivity contribution >= 4 is 17.6 Å². The zero-order valence-corrected chi connectivity index (χ0v) is 15.3. The van der Waals surface area contributed by atoms with E-state index in [9.17, 15) is 14.7 Å². The highest BCUT2D eigenvalue weighted by Gasteiger charge is 2.43. The Kier molecular flexibility index (Phi) is 4.64. The van der Waals surface area contributed by atoms with Crippen molar-refractivity contribution in [1.29, 1.82) is 0 Å². The lowest BCUT2D eigenvalue weighted by atomic mass is 10.2. The molecule has 0 spiro atoms. The minimum Gasteiger partial charge on any atom is -0.495 e. The van der Waals surface area contributed by atoms with Crippen LogP contribution >= 0.6 is 0 Å². The number of hydrogen-bond acceptors (Lipinski definition) is 6. The Morgan fingerprint density at radius 2 is 2.00 bits per heavy atom.